The zero-order chi connectivity index (χ0) is 23.0. The van der Waals surface area contributed by atoms with E-state index in [9.17, 15) is 19.6 Å². The van der Waals surface area contributed by atoms with Gasteiger partial charge in [0.05, 0.1) is 17.2 Å². The third kappa shape index (κ3) is 5.73. The minimum atomic E-state index is -0.893. The fourth-order valence-corrected chi connectivity index (χ4v) is 3.91. The summed E-state index contributed by atoms with van der Waals surface area (Å²) in [6.45, 7) is -0.119. The van der Waals surface area contributed by atoms with Gasteiger partial charge in [-0.15, -0.1) is 0 Å². The van der Waals surface area contributed by atoms with E-state index in [0.717, 1.165) is 24.8 Å². The van der Waals surface area contributed by atoms with Crippen molar-refractivity contribution in [2.45, 2.75) is 44.2 Å². The molecule has 0 spiro atoms. The lowest BCUT2D eigenvalue weighted by atomic mass is 9.83. The number of hydrogen-bond acceptors (Lipinski definition) is 5. The molecule has 0 saturated heterocycles. The highest BCUT2D eigenvalue weighted by molar-refractivity contribution is 6.05. The van der Waals surface area contributed by atoms with Crippen molar-refractivity contribution in [1.82, 2.24) is 10.2 Å². The maximum Gasteiger partial charge on any atom is 0.339 e. The molecule has 32 heavy (non-hydrogen) atoms. The van der Waals surface area contributed by atoms with Crippen molar-refractivity contribution in [3.8, 4) is 6.07 Å². The first-order valence-electron chi connectivity index (χ1n) is 10.7. The number of rotatable bonds is 7. The molecule has 166 valence electrons. The van der Waals surface area contributed by atoms with E-state index >= 15 is 0 Å². The van der Waals surface area contributed by atoms with Crippen LogP contribution in [-0.2, 0) is 16.1 Å². The molecule has 0 atom stereocenters. The van der Waals surface area contributed by atoms with E-state index in [4.69, 9.17) is 4.74 Å². The Morgan fingerprint density at radius 3 is 2.28 bits per heavy atom. The number of nitriles is 1. The first-order chi connectivity index (χ1) is 15.4. The number of carbonyl (C=O) groups is 3. The van der Waals surface area contributed by atoms with E-state index in [1.807, 2.05) is 30.3 Å². The van der Waals surface area contributed by atoms with Gasteiger partial charge in [-0.1, -0.05) is 61.7 Å². The molecule has 0 aliphatic heterocycles. The molecule has 0 bridgehead atoms. The van der Waals surface area contributed by atoms with Crippen LogP contribution in [0.2, 0.25) is 0 Å². The van der Waals surface area contributed by atoms with Gasteiger partial charge in [-0.2, -0.15) is 5.26 Å². The van der Waals surface area contributed by atoms with E-state index in [2.05, 4.69) is 11.4 Å². The van der Waals surface area contributed by atoms with Crippen molar-refractivity contribution in [2.75, 3.05) is 13.7 Å². The first-order valence-corrected chi connectivity index (χ1v) is 10.7. The molecule has 0 radical (unpaired) electrons. The number of nitrogens with zero attached hydrogens (tertiary/aromatic N) is 2. The SMILES string of the molecule is CN(Cc1ccccc1)C(=O)c1ccccc1C(=O)OCC(=O)NC1(C#N)CCCCC1. The van der Waals surface area contributed by atoms with Gasteiger partial charge in [-0.05, 0) is 30.5 Å². The molecule has 0 heterocycles. The predicted molar refractivity (Wildman–Crippen MR) is 119 cm³/mol. The Hall–Kier alpha value is -3.66. The number of carbonyl (C=O) groups excluding carboxylic acids is 3. The Morgan fingerprint density at radius 1 is 1.00 bits per heavy atom. The Balaban J connectivity index is 1.63. The highest BCUT2D eigenvalue weighted by atomic mass is 16.5. The summed E-state index contributed by atoms with van der Waals surface area (Å²) in [4.78, 5) is 39.5. The quantitative estimate of drug-likeness (QED) is 0.674. The number of hydrogen-bond donors (Lipinski definition) is 1. The standard InChI is InChI=1S/C25H27N3O4/c1-28(16-19-10-4-2-5-11-19)23(30)20-12-6-7-13-21(20)24(31)32-17-22(29)27-25(18-26)14-8-3-9-15-25/h2,4-7,10-13H,3,8-9,14-17H2,1H3,(H,27,29). The van der Waals surface area contributed by atoms with Crippen LogP contribution < -0.4 is 5.32 Å². The normalized spacial score (nSPS) is 14.6. The fraction of sp³-hybridized carbons (Fsp3) is 0.360. The van der Waals surface area contributed by atoms with E-state index in [1.165, 1.54) is 11.0 Å². The van der Waals surface area contributed by atoms with Crippen LogP contribution in [0.15, 0.2) is 54.6 Å². The molecule has 1 N–H and O–H groups in total. The Bertz CT molecular complexity index is 1010. The maximum atomic E-state index is 13.0. The van der Waals surface area contributed by atoms with Gasteiger partial charge in [0.25, 0.3) is 11.8 Å². The predicted octanol–water partition coefficient (Wildman–Crippen LogP) is 3.46. The molecule has 3 rings (SSSR count). The lowest BCUT2D eigenvalue weighted by Gasteiger charge is -2.31. The molecule has 1 aliphatic rings. The zero-order valence-corrected chi connectivity index (χ0v) is 18.2. The molecule has 2 aromatic rings. The summed E-state index contributed by atoms with van der Waals surface area (Å²) in [5.74, 6) is -1.60. The molecule has 1 fully saturated rings. The van der Waals surface area contributed by atoms with E-state index in [1.54, 1.807) is 25.2 Å². The summed E-state index contributed by atoms with van der Waals surface area (Å²) in [5, 5.41) is 12.2. The lowest BCUT2D eigenvalue weighted by molar-refractivity contribution is -0.125. The molecule has 7 heteroatoms. The lowest BCUT2D eigenvalue weighted by Crippen LogP contribution is -2.50. The maximum absolute atomic E-state index is 13.0. The summed E-state index contributed by atoms with van der Waals surface area (Å²) >= 11 is 0. The number of esters is 1. The third-order valence-electron chi connectivity index (χ3n) is 5.62. The fourth-order valence-electron chi connectivity index (χ4n) is 3.91. The average molecular weight is 434 g/mol. The summed E-state index contributed by atoms with van der Waals surface area (Å²) in [7, 11) is 1.66. The van der Waals surface area contributed by atoms with Crippen LogP contribution in [0.1, 0.15) is 58.4 Å². The second kappa shape index (κ2) is 10.6. The zero-order valence-electron chi connectivity index (χ0n) is 18.2. The molecule has 2 amide bonds. The minimum absolute atomic E-state index is 0.0953. The van der Waals surface area contributed by atoms with Crippen molar-refractivity contribution in [3.05, 3.63) is 71.3 Å². The van der Waals surface area contributed by atoms with Crippen molar-refractivity contribution < 1.29 is 19.1 Å². The van der Waals surface area contributed by atoms with Gasteiger partial charge >= 0.3 is 5.97 Å². The van der Waals surface area contributed by atoms with Crippen LogP contribution in [0, 0.1) is 11.3 Å². The van der Waals surface area contributed by atoms with Gasteiger partial charge in [0.2, 0.25) is 0 Å². The van der Waals surface area contributed by atoms with E-state index in [0.29, 0.717) is 19.4 Å². The van der Waals surface area contributed by atoms with Crippen molar-refractivity contribution in [3.63, 3.8) is 0 Å². The minimum Gasteiger partial charge on any atom is -0.452 e. The van der Waals surface area contributed by atoms with Gasteiger partial charge in [-0.25, -0.2) is 4.79 Å². The van der Waals surface area contributed by atoms with Gasteiger partial charge in [-0.3, -0.25) is 9.59 Å². The van der Waals surface area contributed by atoms with Crippen molar-refractivity contribution >= 4 is 17.8 Å². The van der Waals surface area contributed by atoms with Crippen LogP contribution in [0.5, 0.6) is 0 Å². The van der Waals surface area contributed by atoms with Gasteiger partial charge in [0, 0.05) is 13.6 Å². The monoisotopic (exact) mass is 433 g/mol. The second-order valence-corrected chi connectivity index (χ2v) is 8.07. The molecule has 2 aromatic carbocycles. The van der Waals surface area contributed by atoms with Crippen LogP contribution in [0.25, 0.3) is 0 Å². The largest absolute Gasteiger partial charge is 0.452 e. The number of amides is 2. The van der Waals surface area contributed by atoms with Crippen molar-refractivity contribution in [2.24, 2.45) is 0 Å². The molecular weight excluding hydrogens is 406 g/mol. The number of nitrogens with one attached hydrogen (secondary N) is 1. The third-order valence-corrected chi connectivity index (χ3v) is 5.62. The molecular formula is C25H27N3O4. The van der Waals surface area contributed by atoms with Crippen LogP contribution in [0.4, 0.5) is 0 Å². The number of benzene rings is 2. The number of ether oxygens (including phenoxy) is 1. The molecule has 1 aliphatic carbocycles. The Kier molecular flexibility index (Phi) is 7.61. The summed E-state index contributed by atoms with van der Waals surface area (Å²) in [6, 6.07) is 18.1. The van der Waals surface area contributed by atoms with Crippen LogP contribution in [0.3, 0.4) is 0 Å². The molecule has 1 saturated carbocycles. The van der Waals surface area contributed by atoms with Gasteiger partial charge < -0.3 is 15.0 Å². The molecule has 0 unspecified atom stereocenters. The summed E-state index contributed by atoms with van der Waals surface area (Å²) in [5.41, 5.74) is 0.375. The summed E-state index contributed by atoms with van der Waals surface area (Å²) in [6.07, 6.45) is 3.97. The first kappa shape index (κ1) is 23.0. The summed E-state index contributed by atoms with van der Waals surface area (Å²) < 4.78 is 5.18. The van der Waals surface area contributed by atoms with Crippen LogP contribution >= 0.6 is 0 Å². The van der Waals surface area contributed by atoms with Gasteiger partial charge in [0.15, 0.2) is 6.61 Å². The van der Waals surface area contributed by atoms with E-state index < -0.39 is 24.0 Å². The van der Waals surface area contributed by atoms with Crippen LogP contribution in [-0.4, -0.2) is 41.9 Å². The Labute approximate surface area is 188 Å². The topological polar surface area (TPSA) is 99.5 Å². The highest BCUT2D eigenvalue weighted by Crippen LogP contribution is 2.27. The van der Waals surface area contributed by atoms with Gasteiger partial charge in [0.1, 0.15) is 5.54 Å². The molecule has 7 nitrogen and oxygen atoms in total. The van der Waals surface area contributed by atoms with E-state index in [-0.39, 0.29) is 17.0 Å². The smallest absolute Gasteiger partial charge is 0.339 e. The Morgan fingerprint density at radius 2 is 1.62 bits per heavy atom. The second-order valence-electron chi connectivity index (χ2n) is 8.07. The highest BCUT2D eigenvalue weighted by Gasteiger charge is 2.33. The molecule has 0 aromatic heterocycles. The average Bonchev–Trinajstić information content (AvgIpc) is 2.83. The van der Waals surface area contributed by atoms with Crippen molar-refractivity contribution in [1.29, 1.82) is 5.26 Å².